The Morgan fingerprint density at radius 3 is 0.680 bits per heavy atom. The van der Waals surface area contributed by atoms with Crippen molar-refractivity contribution in [3.8, 4) is 0 Å². The molecule has 0 rings (SSSR count). The Balaban J connectivity index is 5.22. The highest BCUT2D eigenvalue weighted by Crippen LogP contribution is 2.45. The third-order valence-corrected chi connectivity index (χ3v) is 20.8. The van der Waals surface area contributed by atoms with Gasteiger partial charge >= 0.3 is 39.5 Å². The molecular weight excluding hydrogens is 1310 g/mol. The van der Waals surface area contributed by atoms with E-state index in [1.165, 1.54) is 225 Å². The Labute approximate surface area is 613 Å². The Hall–Kier alpha value is -1.94. The van der Waals surface area contributed by atoms with Crippen molar-refractivity contribution < 1.29 is 80.2 Å². The van der Waals surface area contributed by atoms with E-state index in [-0.39, 0.29) is 25.7 Å². The lowest BCUT2D eigenvalue weighted by atomic mass is 10.0. The third kappa shape index (κ3) is 74.3. The van der Waals surface area contributed by atoms with Gasteiger partial charge in [0.15, 0.2) is 12.2 Å². The van der Waals surface area contributed by atoms with Crippen molar-refractivity contribution in [1.82, 2.24) is 0 Å². The largest absolute Gasteiger partial charge is 0.472 e. The SMILES string of the molecule is CCCCCCCCCCCCCCCCCCCCCCC(=O)O[C@H](COC(=O)CCCCCCCCCCCCCCCC(C)C)COP(=O)(O)OC[C@@H](O)COP(=O)(O)OC[C@@H](COC(=O)CCCCCCCCC(C)C)OC(=O)CCCCCCCCCCCCCCC(C)C. The zero-order valence-electron chi connectivity index (χ0n) is 65.7. The molecule has 0 saturated heterocycles. The number of rotatable bonds is 79. The fraction of sp³-hybridized carbons (Fsp3) is 0.951. The minimum Gasteiger partial charge on any atom is -0.462 e. The molecule has 0 radical (unpaired) electrons. The van der Waals surface area contributed by atoms with Gasteiger partial charge in [-0.25, -0.2) is 9.13 Å². The van der Waals surface area contributed by atoms with Crippen LogP contribution in [-0.2, 0) is 65.4 Å². The van der Waals surface area contributed by atoms with E-state index in [0.717, 1.165) is 108 Å². The fourth-order valence-corrected chi connectivity index (χ4v) is 14.1. The minimum absolute atomic E-state index is 0.106. The van der Waals surface area contributed by atoms with E-state index >= 15 is 0 Å². The van der Waals surface area contributed by atoms with Crippen LogP contribution in [0.1, 0.15) is 421 Å². The maximum Gasteiger partial charge on any atom is 0.472 e. The van der Waals surface area contributed by atoms with Gasteiger partial charge in [0.2, 0.25) is 0 Å². The number of carbonyl (C=O) groups is 4. The van der Waals surface area contributed by atoms with Crippen LogP contribution in [0.25, 0.3) is 0 Å². The molecule has 0 heterocycles. The smallest absolute Gasteiger partial charge is 0.462 e. The van der Waals surface area contributed by atoms with Crippen LogP contribution in [0, 0.1) is 17.8 Å². The molecule has 0 aliphatic rings. The van der Waals surface area contributed by atoms with Gasteiger partial charge in [-0.1, -0.05) is 370 Å². The molecule has 594 valence electrons. The molecule has 19 heteroatoms. The van der Waals surface area contributed by atoms with Gasteiger partial charge in [-0.3, -0.25) is 37.3 Å². The number of aliphatic hydroxyl groups excluding tert-OH is 1. The lowest BCUT2D eigenvalue weighted by molar-refractivity contribution is -0.161. The molecular formula is C81H158O17P2. The first kappa shape index (κ1) is 98.1. The first-order valence-electron chi connectivity index (χ1n) is 41.8. The highest BCUT2D eigenvalue weighted by Gasteiger charge is 2.30. The lowest BCUT2D eigenvalue weighted by Gasteiger charge is -2.21. The summed E-state index contributed by atoms with van der Waals surface area (Å²) in [6.45, 7) is 11.9. The molecule has 17 nitrogen and oxygen atoms in total. The van der Waals surface area contributed by atoms with Gasteiger partial charge in [0.1, 0.15) is 19.3 Å². The number of aliphatic hydroxyl groups is 1. The summed E-state index contributed by atoms with van der Waals surface area (Å²) in [5.41, 5.74) is 0. The van der Waals surface area contributed by atoms with E-state index < -0.39 is 97.5 Å². The quantitative estimate of drug-likeness (QED) is 0.0222. The van der Waals surface area contributed by atoms with Crippen LogP contribution in [0.5, 0.6) is 0 Å². The fourth-order valence-electron chi connectivity index (χ4n) is 12.5. The number of phosphoric acid groups is 2. The molecule has 0 saturated carbocycles. The van der Waals surface area contributed by atoms with Crippen molar-refractivity contribution >= 4 is 39.5 Å². The molecule has 5 atom stereocenters. The molecule has 0 aromatic carbocycles. The van der Waals surface area contributed by atoms with Crippen molar-refractivity contribution in [1.29, 1.82) is 0 Å². The molecule has 0 amide bonds. The van der Waals surface area contributed by atoms with Crippen molar-refractivity contribution in [2.24, 2.45) is 17.8 Å². The molecule has 0 fully saturated rings. The second-order valence-electron chi connectivity index (χ2n) is 30.6. The minimum atomic E-state index is -4.96. The van der Waals surface area contributed by atoms with E-state index in [1.807, 2.05) is 0 Å². The average molecular weight is 1470 g/mol. The second-order valence-corrected chi connectivity index (χ2v) is 33.5. The van der Waals surface area contributed by atoms with Crippen LogP contribution in [0.2, 0.25) is 0 Å². The van der Waals surface area contributed by atoms with Crippen molar-refractivity contribution in [3.63, 3.8) is 0 Å². The summed E-state index contributed by atoms with van der Waals surface area (Å²) >= 11 is 0. The summed E-state index contributed by atoms with van der Waals surface area (Å²) < 4.78 is 68.7. The molecule has 2 unspecified atom stereocenters. The summed E-state index contributed by atoms with van der Waals surface area (Å²) in [6.07, 6.45) is 59.9. The van der Waals surface area contributed by atoms with Gasteiger partial charge in [0, 0.05) is 25.7 Å². The van der Waals surface area contributed by atoms with Gasteiger partial charge in [0.05, 0.1) is 26.4 Å². The molecule has 0 aliphatic carbocycles. The highest BCUT2D eigenvalue weighted by atomic mass is 31.2. The number of unbranched alkanes of at least 4 members (excludes halogenated alkanes) is 47. The summed E-state index contributed by atoms with van der Waals surface area (Å²) in [5.74, 6) is 0.134. The van der Waals surface area contributed by atoms with Crippen molar-refractivity contribution in [3.05, 3.63) is 0 Å². The summed E-state index contributed by atoms with van der Waals surface area (Å²) in [4.78, 5) is 73.0. The Morgan fingerprint density at radius 1 is 0.270 bits per heavy atom. The highest BCUT2D eigenvalue weighted by molar-refractivity contribution is 7.47. The van der Waals surface area contributed by atoms with Crippen LogP contribution in [-0.4, -0.2) is 96.7 Å². The van der Waals surface area contributed by atoms with E-state index in [0.29, 0.717) is 31.6 Å². The van der Waals surface area contributed by atoms with E-state index in [1.54, 1.807) is 0 Å². The van der Waals surface area contributed by atoms with Crippen LogP contribution in [0.15, 0.2) is 0 Å². The first-order valence-corrected chi connectivity index (χ1v) is 44.8. The standard InChI is InChI=1S/C81H158O17P2/c1-8-9-10-11-12-13-14-15-16-17-18-19-20-21-24-31-36-41-50-57-64-80(85)97-76(68-91-78(83)62-55-48-40-35-30-25-22-23-28-33-38-45-52-59-72(2)3)70-95-99(87,88)93-66-75(82)67-94-100(89,90)96-71-77(69-92-79(84)63-56-49-44-43-47-54-61-74(6)7)98-81(86)65-58-51-42-37-32-27-26-29-34-39-46-53-60-73(4)5/h72-77,82H,8-71H2,1-7H3,(H,87,88)(H,89,90)/t75-,76-,77-/m1/s1. The van der Waals surface area contributed by atoms with Crippen LogP contribution in [0.4, 0.5) is 0 Å². The van der Waals surface area contributed by atoms with Crippen LogP contribution >= 0.6 is 15.6 Å². The maximum absolute atomic E-state index is 13.1. The number of ether oxygens (including phenoxy) is 4. The van der Waals surface area contributed by atoms with Crippen molar-refractivity contribution in [2.75, 3.05) is 39.6 Å². The monoisotopic (exact) mass is 1470 g/mol. The zero-order valence-corrected chi connectivity index (χ0v) is 67.5. The van der Waals surface area contributed by atoms with E-state index in [9.17, 15) is 43.2 Å². The normalized spacial score (nSPS) is 14.0. The lowest BCUT2D eigenvalue weighted by Crippen LogP contribution is -2.30. The molecule has 0 aliphatic heterocycles. The maximum atomic E-state index is 13.1. The van der Waals surface area contributed by atoms with Gasteiger partial charge in [0.25, 0.3) is 0 Å². The van der Waals surface area contributed by atoms with E-state index in [2.05, 4.69) is 48.5 Å². The Kier molecular flexibility index (Phi) is 69.9. The zero-order chi connectivity index (χ0) is 73.7. The predicted molar refractivity (Wildman–Crippen MR) is 409 cm³/mol. The predicted octanol–water partition coefficient (Wildman–Crippen LogP) is 24.1. The Morgan fingerprint density at radius 2 is 0.460 bits per heavy atom. The Bertz CT molecular complexity index is 1940. The summed E-state index contributed by atoms with van der Waals surface area (Å²) in [6, 6.07) is 0. The number of esters is 4. The molecule has 100 heavy (non-hydrogen) atoms. The van der Waals surface area contributed by atoms with E-state index in [4.69, 9.17) is 37.0 Å². The molecule has 0 aromatic rings. The van der Waals surface area contributed by atoms with Crippen molar-refractivity contribution in [2.45, 2.75) is 439 Å². The molecule has 0 bridgehead atoms. The van der Waals surface area contributed by atoms with Gasteiger partial charge in [-0.15, -0.1) is 0 Å². The van der Waals surface area contributed by atoms with Gasteiger partial charge in [-0.2, -0.15) is 0 Å². The van der Waals surface area contributed by atoms with Crippen LogP contribution in [0.3, 0.4) is 0 Å². The number of hydrogen-bond donors (Lipinski definition) is 3. The van der Waals surface area contributed by atoms with Gasteiger partial charge < -0.3 is 33.8 Å². The third-order valence-electron chi connectivity index (χ3n) is 18.9. The molecule has 0 spiro atoms. The summed E-state index contributed by atoms with van der Waals surface area (Å²) in [7, 11) is -9.92. The molecule has 0 aromatic heterocycles. The summed E-state index contributed by atoms with van der Waals surface area (Å²) in [5, 5.41) is 10.6. The molecule has 3 N–H and O–H groups in total. The second kappa shape index (κ2) is 71.3. The van der Waals surface area contributed by atoms with Gasteiger partial charge in [-0.05, 0) is 43.4 Å². The number of hydrogen-bond acceptors (Lipinski definition) is 15. The number of phosphoric ester groups is 2. The van der Waals surface area contributed by atoms with Crippen LogP contribution < -0.4 is 0 Å². The first-order chi connectivity index (χ1) is 48.2. The average Bonchev–Trinajstić information content (AvgIpc) is 0.926. The number of carbonyl (C=O) groups excluding carboxylic acids is 4. The topological polar surface area (TPSA) is 237 Å².